The fraction of sp³-hybridized carbons (Fsp3) is 0.875. The number of likely N-dealkylation sites (tertiary alicyclic amines) is 1. The minimum Gasteiger partial charge on any atom is -0.480 e. The predicted molar refractivity (Wildman–Crippen MR) is 81.0 cm³/mol. The van der Waals surface area contributed by atoms with Crippen LogP contribution in [0.1, 0.15) is 58.8 Å². The SMILES string of the molecule is CCCC1(C(=O)N2CCC(CC)CC2C(=O)O)CCCN1. The third-order valence-electron chi connectivity index (χ3n) is 5.16. The standard InChI is InChI=1S/C16H28N2O3/c1-3-7-16(8-5-9-17-16)15(21)18-10-6-12(4-2)11-13(18)14(19)20/h12-13,17H,3-11H2,1-2H3,(H,19,20). The number of hydrogen-bond donors (Lipinski definition) is 2. The molecule has 120 valence electrons. The zero-order chi connectivity index (χ0) is 15.5. The molecule has 2 N–H and O–H groups in total. The summed E-state index contributed by atoms with van der Waals surface area (Å²) in [5.74, 6) is -0.413. The first-order valence-corrected chi connectivity index (χ1v) is 8.33. The minimum absolute atomic E-state index is 0.0174. The van der Waals surface area contributed by atoms with Crippen LogP contribution >= 0.6 is 0 Å². The molecule has 0 aromatic heterocycles. The van der Waals surface area contributed by atoms with Crippen molar-refractivity contribution in [2.75, 3.05) is 13.1 Å². The highest BCUT2D eigenvalue weighted by Gasteiger charge is 2.46. The highest BCUT2D eigenvalue weighted by atomic mass is 16.4. The van der Waals surface area contributed by atoms with Gasteiger partial charge >= 0.3 is 5.97 Å². The van der Waals surface area contributed by atoms with E-state index in [0.29, 0.717) is 18.9 Å². The maximum absolute atomic E-state index is 13.0. The maximum atomic E-state index is 13.0. The highest BCUT2D eigenvalue weighted by molar-refractivity contribution is 5.90. The number of carbonyl (C=O) groups excluding carboxylic acids is 1. The van der Waals surface area contributed by atoms with Crippen molar-refractivity contribution in [1.82, 2.24) is 10.2 Å². The molecule has 21 heavy (non-hydrogen) atoms. The van der Waals surface area contributed by atoms with E-state index < -0.39 is 17.6 Å². The summed E-state index contributed by atoms with van der Waals surface area (Å²) >= 11 is 0. The normalized spacial score (nSPS) is 33.1. The van der Waals surface area contributed by atoms with Gasteiger partial charge in [0.25, 0.3) is 0 Å². The van der Waals surface area contributed by atoms with E-state index in [2.05, 4.69) is 19.2 Å². The second-order valence-electron chi connectivity index (χ2n) is 6.51. The van der Waals surface area contributed by atoms with Crippen LogP contribution in [0.5, 0.6) is 0 Å². The van der Waals surface area contributed by atoms with Crippen molar-refractivity contribution in [1.29, 1.82) is 0 Å². The molecule has 0 bridgehead atoms. The number of rotatable bonds is 5. The van der Waals surface area contributed by atoms with Crippen LogP contribution in [0.25, 0.3) is 0 Å². The lowest BCUT2D eigenvalue weighted by atomic mass is 9.85. The van der Waals surface area contributed by atoms with Gasteiger partial charge in [0, 0.05) is 6.54 Å². The third-order valence-corrected chi connectivity index (χ3v) is 5.16. The predicted octanol–water partition coefficient (Wildman–Crippen LogP) is 2.01. The molecule has 0 radical (unpaired) electrons. The van der Waals surface area contributed by atoms with Gasteiger partial charge in [0.1, 0.15) is 6.04 Å². The summed E-state index contributed by atoms with van der Waals surface area (Å²) < 4.78 is 0. The maximum Gasteiger partial charge on any atom is 0.326 e. The van der Waals surface area contributed by atoms with Gasteiger partial charge in [0.15, 0.2) is 0 Å². The second kappa shape index (κ2) is 6.77. The molecule has 5 nitrogen and oxygen atoms in total. The summed E-state index contributed by atoms with van der Waals surface area (Å²) in [4.78, 5) is 26.3. The first kappa shape index (κ1) is 16.3. The number of nitrogens with one attached hydrogen (secondary N) is 1. The lowest BCUT2D eigenvalue weighted by Gasteiger charge is -2.42. The average Bonchev–Trinajstić information content (AvgIpc) is 2.96. The van der Waals surface area contributed by atoms with E-state index in [1.54, 1.807) is 4.90 Å². The van der Waals surface area contributed by atoms with Crippen molar-refractivity contribution in [2.45, 2.75) is 70.4 Å². The van der Waals surface area contributed by atoms with Gasteiger partial charge in [-0.05, 0) is 44.6 Å². The number of hydrogen-bond acceptors (Lipinski definition) is 3. The third kappa shape index (κ3) is 3.23. The Kier molecular flexibility index (Phi) is 5.25. The molecule has 2 heterocycles. The quantitative estimate of drug-likeness (QED) is 0.814. The van der Waals surface area contributed by atoms with E-state index in [9.17, 15) is 14.7 Å². The van der Waals surface area contributed by atoms with Gasteiger partial charge in [-0.15, -0.1) is 0 Å². The summed E-state index contributed by atoms with van der Waals surface area (Å²) in [5.41, 5.74) is -0.512. The topological polar surface area (TPSA) is 69.6 Å². The summed E-state index contributed by atoms with van der Waals surface area (Å²) in [5, 5.41) is 12.9. The molecule has 0 spiro atoms. The molecule has 2 aliphatic heterocycles. The van der Waals surface area contributed by atoms with Crippen molar-refractivity contribution in [3.8, 4) is 0 Å². The van der Waals surface area contributed by atoms with Gasteiger partial charge in [0.2, 0.25) is 5.91 Å². The van der Waals surface area contributed by atoms with Gasteiger partial charge in [-0.25, -0.2) is 4.79 Å². The number of amides is 1. The number of carboxylic acid groups (broad SMARTS) is 1. The molecule has 0 aliphatic carbocycles. The molecule has 1 amide bonds. The van der Waals surface area contributed by atoms with Crippen LogP contribution in [-0.4, -0.2) is 46.6 Å². The van der Waals surface area contributed by atoms with Gasteiger partial charge < -0.3 is 15.3 Å². The van der Waals surface area contributed by atoms with E-state index in [4.69, 9.17) is 0 Å². The number of nitrogens with zero attached hydrogens (tertiary/aromatic N) is 1. The molecule has 2 rings (SSSR count). The molecule has 5 heteroatoms. The van der Waals surface area contributed by atoms with Crippen LogP contribution in [0.2, 0.25) is 0 Å². The number of piperidine rings is 1. The Morgan fingerprint density at radius 2 is 2.14 bits per heavy atom. The van der Waals surface area contributed by atoms with E-state index in [0.717, 1.165) is 45.1 Å². The first-order valence-electron chi connectivity index (χ1n) is 8.33. The van der Waals surface area contributed by atoms with E-state index in [1.165, 1.54) is 0 Å². The largest absolute Gasteiger partial charge is 0.480 e. The van der Waals surface area contributed by atoms with E-state index in [1.807, 2.05) is 0 Å². The fourth-order valence-corrected chi connectivity index (χ4v) is 3.90. The van der Waals surface area contributed by atoms with Crippen molar-refractivity contribution < 1.29 is 14.7 Å². The zero-order valence-electron chi connectivity index (χ0n) is 13.2. The first-order chi connectivity index (χ1) is 10.0. The smallest absolute Gasteiger partial charge is 0.326 e. The lowest BCUT2D eigenvalue weighted by molar-refractivity contribution is -0.156. The summed E-state index contributed by atoms with van der Waals surface area (Å²) in [6.45, 7) is 5.61. The average molecular weight is 296 g/mol. The molecule has 3 unspecified atom stereocenters. The molecule has 0 aromatic carbocycles. The molecule has 3 atom stereocenters. The molecule has 2 saturated heterocycles. The van der Waals surface area contributed by atoms with Crippen molar-refractivity contribution in [2.24, 2.45) is 5.92 Å². The summed E-state index contributed by atoms with van der Waals surface area (Å²) in [6, 6.07) is -0.646. The Hall–Kier alpha value is -1.10. The molecular formula is C16H28N2O3. The Bertz CT molecular complexity index is 391. The number of carbonyl (C=O) groups is 2. The lowest BCUT2D eigenvalue weighted by Crippen LogP contribution is -2.60. The molecule has 2 aliphatic rings. The Labute approximate surface area is 127 Å². The van der Waals surface area contributed by atoms with Gasteiger partial charge in [-0.3, -0.25) is 4.79 Å². The zero-order valence-corrected chi connectivity index (χ0v) is 13.2. The van der Waals surface area contributed by atoms with E-state index in [-0.39, 0.29) is 5.91 Å². The molecule has 0 saturated carbocycles. The molecular weight excluding hydrogens is 268 g/mol. The van der Waals surface area contributed by atoms with Crippen LogP contribution in [0.4, 0.5) is 0 Å². The summed E-state index contributed by atoms with van der Waals surface area (Å²) in [7, 11) is 0. The van der Waals surface area contributed by atoms with Crippen molar-refractivity contribution in [3.05, 3.63) is 0 Å². The monoisotopic (exact) mass is 296 g/mol. The number of carboxylic acids is 1. The van der Waals surface area contributed by atoms with Gasteiger partial charge in [0.05, 0.1) is 5.54 Å². The Morgan fingerprint density at radius 1 is 1.38 bits per heavy atom. The minimum atomic E-state index is -0.855. The molecule has 0 aromatic rings. The fourth-order valence-electron chi connectivity index (χ4n) is 3.90. The van der Waals surface area contributed by atoms with Crippen LogP contribution in [0.3, 0.4) is 0 Å². The highest BCUT2D eigenvalue weighted by Crippen LogP contribution is 2.32. The van der Waals surface area contributed by atoms with Gasteiger partial charge in [-0.2, -0.15) is 0 Å². The summed E-state index contributed by atoms with van der Waals surface area (Å²) in [6.07, 6.45) is 6.07. The Morgan fingerprint density at radius 3 is 2.67 bits per heavy atom. The van der Waals surface area contributed by atoms with Crippen LogP contribution < -0.4 is 5.32 Å². The second-order valence-corrected chi connectivity index (χ2v) is 6.51. The van der Waals surface area contributed by atoms with Crippen LogP contribution in [0, 0.1) is 5.92 Å². The van der Waals surface area contributed by atoms with Gasteiger partial charge in [-0.1, -0.05) is 26.7 Å². The van der Waals surface area contributed by atoms with Crippen molar-refractivity contribution in [3.63, 3.8) is 0 Å². The van der Waals surface area contributed by atoms with Crippen LogP contribution in [-0.2, 0) is 9.59 Å². The van der Waals surface area contributed by atoms with E-state index >= 15 is 0 Å². The van der Waals surface area contributed by atoms with Crippen LogP contribution in [0.15, 0.2) is 0 Å². The molecule has 2 fully saturated rings. The number of aliphatic carboxylic acids is 1. The Balaban J connectivity index is 2.17. The van der Waals surface area contributed by atoms with Crippen molar-refractivity contribution >= 4 is 11.9 Å².